The molecule has 0 saturated heterocycles. The Morgan fingerprint density at radius 1 is 1.31 bits per heavy atom. The van der Waals surface area contributed by atoms with E-state index in [-0.39, 0.29) is 47.7 Å². The zero-order valence-corrected chi connectivity index (χ0v) is 18.1. The largest absolute Gasteiger partial charge is 0.396 e. The molecule has 8 heteroatoms. The highest BCUT2D eigenvalue weighted by molar-refractivity contribution is 14.0. The molecule has 1 unspecified atom stereocenters. The number of para-hydroxylation sites is 1. The molecule has 7 nitrogen and oxygen atoms in total. The molecule has 0 heterocycles. The molecular formula is C18H31IN4O3. The van der Waals surface area contributed by atoms with E-state index in [1.54, 1.807) is 18.2 Å². The van der Waals surface area contributed by atoms with E-state index in [1.807, 2.05) is 6.92 Å². The van der Waals surface area contributed by atoms with Gasteiger partial charge in [-0.05, 0) is 31.6 Å². The van der Waals surface area contributed by atoms with Crippen molar-refractivity contribution >= 4 is 35.6 Å². The summed E-state index contributed by atoms with van der Waals surface area (Å²) in [6.07, 6.45) is 1.77. The fraction of sp³-hybridized carbons (Fsp3) is 0.611. The third-order valence-corrected chi connectivity index (χ3v) is 3.84. The number of hydrogen-bond donors (Lipinski definition) is 3. The molecule has 26 heavy (non-hydrogen) atoms. The van der Waals surface area contributed by atoms with Crippen LogP contribution in [0.25, 0.3) is 0 Å². The summed E-state index contributed by atoms with van der Waals surface area (Å²) < 4.78 is 0. The van der Waals surface area contributed by atoms with Gasteiger partial charge in [-0.25, -0.2) is 4.99 Å². The second kappa shape index (κ2) is 13.7. The molecule has 0 aliphatic heterocycles. The average Bonchev–Trinajstić information content (AvgIpc) is 2.57. The third kappa shape index (κ3) is 9.33. The van der Waals surface area contributed by atoms with Gasteiger partial charge in [0, 0.05) is 25.8 Å². The molecule has 1 aromatic carbocycles. The Hall–Kier alpha value is -1.42. The maximum absolute atomic E-state index is 11.1. The summed E-state index contributed by atoms with van der Waals surface area (Å²) in [5, 5.41) is 26.7. The highest BCUT2D eigenvalue weighted by Gasteiger charge is 2.13. The number of aliphatic imine (C=N–C) groups is 1. The van der Waals surface area contributed by atoms with Gasteiger partial charge in [0.25, 0.3) is 5.69 Å². The van der Waals surface area contributed by atoms with Gasteiger partial charge in [-0.15, -0.1) is 24.0 Å². The summed E-state index contributed by atoms with van der Waals surface area (Å²) in [6.45, 7) is 8.13. The molecule has 0 amide bonds. The zero-order valence-electron chi connectivity index (χ0n) is 15.8. The van der Waals surface area contributed by atoms with E-state index in [0.29, 0.717) is 36.4 Å². The van der Waals surface area contributed by atoms with E-state index in [2.05, 4.69) is 29.5 Å². The van der Waals surface area contributed by atoms with E-state index in [4.69, 9.17) is 0 Å². The van der Waals surface area contributed by atoms with Crippen LogP contribution < -0.4 is 10.6 Å². The summed E-state index contributed by atoms with van der Waals surface area (Å²) in [6, 6.07) is 6.64. The molecule has 0 radical (unpaired) electrons. The minimum Gasteiger partial charge on any atom is -0.396 e. The first kappa shape index (κ1) is 24.6. The summed E-state index contributed by atoms with van der Waals surface area (Å²) >= 11 is 0. The number of nitro groups is 1. The molecule has 0 aliphatic carbocycles. The Kier molecular flexibility index (Phi) is 13.0. The lowest BCUT2D eigenvalue weighted by Gasteiger charge is -2.20. The summed E-state index contributed by atoms with van der Waals surface area (Å²) in [7, 11) is 0. The monoisotopic (exact) mass is 478 g/mol. The molecule has 0 aromatic heterocycles. The van der Waals surface area contributed by atoms with Crippen LogP contribution in [0.15, 0.2) is 29.3 Å². The van der Waals surface area contributed by atoms with Crippen LogP contribution >= 0.6 is 24.0 Å². The number of guanidine groups is 1. The van der Waals surface area contributed by atoms with Crippen LogP contribution in [-0.2, 0) is 6.54 Å². The van der Waals surface area contributed by atoms with Crippen molar-refractivity contribution in [3.05, 3.63) is 39.9 Å². The lowest BCUT2D eigenvalue weighted by Crippen LogP contribution is -2.40. The highest BCUT2D eigenvalue weighted by atomic mass is 127. The molecule has 148 valence electrons. The number of aliphatic hydroxyl groups excluding tert-OH is 1. The van der Waals surface area contributed by atoms with E-state index < -0.39 is 0 Å². The first-order valence-corrected chi connectivity index (χ1v) is 8.83. The van der Waals surface area contributed by atoms with Gasteiger partial charge in [0.15, 0.2) is 5.96 Å². The van der Waals surface area contributed by atoms with Crippen LogP contribution in [0.1, 0.15) is 39.2 Å². The normalized spacial score (nSPS) is 12.4. The SMILES string of the molecule is CCNC(=NCc1ccccc1[N+](=O)[O-])NCC(CCO)CC(C)C.I. The number of nitro benzene ring substituents is 1. The van der Waals surface area contributed by atoms with Crippen molar-refractivity contribution in [3.63, 3.8) is 0 Å². The number of hydrogen-bond acceptors (Lipinski definition) is 4. The molecule has 0 fully saturated rings. The predicted molar refractivity (Wildman–Crippen MR) is 116 cm³/mol. The average molecular weight is 478 g/mol. The lowest BCUT2D eigenvalue weighted by atomic mass is 9.94. The van der Waals surface area contributed by atoms with Crippen LogP contribution in [-0.4, -0.2) is 35.7 Å². The number of rotatable bonds is 10. The van der Waals surface area contributed by atoms with Crippen molar-refractivity contribution < 1.29 is 10.0 Å². The van der Waals surface area contributed by atoms with Gasteiger partial charge in [-0.3, -0.25) is 10.1 Å². The number of nitrogens with zero attached hydrogens (tertiary/aromatic N) is 2. The van der Waals surface area contributed by atoms with Crippen LogP contribution in [0.3, 0.4) is 0 Å². The third-order valence-electron chi connectivity index (χ3n) is 3.84. The van der Waals surface area contributed by atoms with Crippen LogP contribution in [0.5, 0.6) is 0 Å². The van der Waals surface area contributed by atoms with E-state index >= 15 is 0 Å². The van der Waals surface area contributed by atoms with Gasteiger partial charge in [0.05, 0.1) is 17.0 Å². The first-order chi connectivity index (χ1) is 12.0. The Morgan fingerprint density at radius 3 is 2.58 bits per heavy atom. The highest BCUT2D eigenvalue weighted by Crippen LogP contribution is 2.18. The quantitative estimate of drug-likeness (QED) is 0.158. The fourth-order valence-electron chi connectivity index (χ4n) is 2.72. The van der Waals surface area contributed by atoms with Crippen molar-refractivity contribution in [3.8, 4) is 0 Å². The summed E-state index contributed by atoms with van der Waals surface area (Å²) in [4.78, 5) is 15.2. The lowest BCUT2D eigenvalue weighted by molar-refractivity contribution is -0.385. The molecule has 3 N–H and O–H groups in total. The second-order valence-electron chi connectivity index (χ2n) is 6.47. The molecule has 1 aromatic rings. The smallest absolute Gasteiger partial charge is 0.274 e. The van der Waals surface area contributed by atoms with E-state index in [0.717, 1.165) is 12.8 Å². The fourth-order valence-corrected chi connectivity index (χ4v) is 2.72. The van der Waals surface area contributed by atoms with Crippen LogP contribution in [0.2, 0.25) is 0 Å². The maximum atomic E-state index is 11.1. The van der Waals surface area contributed by atoms with Gasteiger partial charge >= 0.3 is 0 Å². The summed E-state index contributed by atoms with van der Waals surface area (Å²) in [5.74, 6) is 1.55. The minimum atomic E-state index is -0.384. The molecule has 0 aliphatic rings. The van der Waals surface area contributed by atoms with Gasteiger partial charge < -0.3 is 15.7 Å². The van der Waals surface area contributed by atoms with E-state index in [9.17, 15) is 15.2 Å². The van der Waals surface area contributed by atoms with Crippen molar-refractivity contribution in [1.82, 2.24) is 10.6 Å². The molecule has 1 rings (SSSR count). The summed E-state index contributed by atoms with van der Waals surface area (Å²) in [5.41, 5.74) is 0.666. The molecule has 1 atom stereocenters. The standard InChI is InChI=1S/C18H30N4O3.HI/c1-4-19-18(20-12-15(9-10-23)11-14(2)3)21-13-16-7-5-6-8-17(16)22(24)25;/h5-8,14-15,23H,4,9-13H2,1-3H3,(H2,19,20,21);1H. The Morgan fingerprint density at radius 2 is 2.00 bits per heavy atom. The Balaban J connectivity index is 0.00000625. The van der Waals surface area contributed by atoms with Gasteiger partial charge in [0.1, 0.15) is 0 Å². The van der Waals surface area contributed by atoms with Crippen LogP contribution in [0, 0.1) is 22.0 Å². The van der Waals surface area contributed by atoms with Crippen molar-refractivity contribution in [2.24, 2.45) is 16.8 Å². The maximum Gasteiger partial charge on any atom is 0.274 e. The molecule has 0 bridgehead atoms. The first-order valence-electron chi connectivity index (χ1n) is 8.83. The van der Waals surface area contributed by atoms with E-state index in [1.165, 1.54) is 6.07 Å². The zero-order chi connectivity index (χ0) is 18.7. The van der Waals surface area contributed by atoms with Gasteiger partial charge in [0.2, 0.25) is 0 Å². The van der Waals surface area contributed by atoms with Crippen LogP contribution in [0.4, 0.5) is 5.69 Å². The molecule has 0 saturated carbocycles. The molecular weight excluding hydrogens is 447 g/mol. The number of benzene rings is 1. The number of aliphatic hydroxyl groups is 1. The van der Waals surface area contributed by atoms with Crippen molar-refractivity contribution in [1.29, 1.82) is 0 Å². The second-order valence-corrected chi connectivity index (χ2v) is 6.47. The Labute approximate surface area is 172 Å². The Bertz CT molecular complexity index is 567. The van der Waals surface area contributed by atoms with Crippen molar-refractivity contribution in [2.45, 2.75) is 40.2 Å². The molecule has 0 spiro atoms. The topological polar surface area (TPSA) is 99.8 Å². The number of halogens is 1. The van der Waals surface area contributed by atoms with Crippen molar-refractivity contribution in [2.75, 3.05) is 19.7 Å². The number of nitrogens with one attached hydrogen (secondary N) is 2. The predicted octanol–water partition coefficient (Wildman–Crippen LogP) is 3.31. The van der Waals surface area contributed by atoms with Gasteiger partial charge in [-0.1, -0.05) is 32.0 Å². The van der Waals surface area contributed by atoms with Gasteiger partial charge in [-0.2, -0.15) is 0 Å². The minimum absolute atomic E-state index is 0.